The molecule has 8 nitrogen and oxygen atoms in total. The second kappa shape index (κ2) is 11.5. The Hall–Kier alpha value is -2.62. The summed E-state index contributed by atoms with van der Waals surface area (Å²) in [4.78, 5) is 24.2. The molecule has 0 spiro atoms. The molecular formula is C23H26ClNO7S. The van der Waals surface area contributed by atoms with Gasteiger partial charge in [0, 0.05) is 13.1 Å². The highest BCUT2D eigenvalue weighted by Crippen LogP contribution is 2.25. The van der Waals surface area contributed by atoms with Gasteiger partial charge in [-0.3, -0.25) is 4.79 Å². The van der Waals surface area contributed by atoms with E-state index in [0.717, 1.165) is 0 Å². The van der Waals surface area contributed by atoms with Gasteiger partial charge in [-0.25, -0.2) is 13.2 Å². The van der Waals surface area contributed by atoms with E-state index in [-0.39, 0.29) is 55.3 Å². The maximum atomic E-state index is 12.9. The number of esters is 2. The molecular weight excluding hydrogens is 470 g/mol. The summed E-state index contributed by atoms with van der Waals surface area (Å²) in [7, 11) is -3.72. The lowest BCUT2D eigenvalue weighted by Gasteiger charge is -2.30. The Bertz CT molecular complexity index is 1060. The molecule has 0 atom stereocenters. The topological polar surface area (TPSA) is 99.2 Å². The van der Waals surface area contributed by atoms with Crippen molar-refractivity contribution in [2.24, 2.45) is 5.92 Å². The highest BCUT2D eigenvalue weighted by Gasteiger charge is 2.32. The Morgan fingerprint density at radius 2 is 1.67 bits per heavy atom. The summed E-state index contributed by atoms with van der Waals surface area (Å²) in [5.74, 6) is -0.724. The molecule has 0 radical (unpaired) electrons. The predicted octanol–water partition coefficient (Wildman–Crippen LogP) is 3.54. The number of piperidine rings is 1. The van der Waals surface area contributed by atoms with E-state index < -0.39 is 16.0 Å². The number of ether oxygens (including phenoxy) is 3. The third-order valence-electron chi connectivity index (χ3n) is 5.21. The minimum absolute atomic E-state index is 0.0788. The average molecular weight is 496 g/mol. The SMILES string of the molecule is CCOC(=O)c1ccc(S(=O)(=O)N2CCC(C(=O)OCCOc3ccccc3Cl)CC2)cc1. The second-order valence-electron chi connectivity index (χ2n) is 7.37. The molecule has 1 aliphatic heterocycles. The number of rotatable bonds is 9. The summed E-state index contributed by atoms with van der Waals surface area (Å²) in [5.41, 5.74) is 0.288. The molecule has 0 amide bonds. The lowest BCUT2D eigenvalue weighted by Crippen LogP contribution is -2.40. The molecule has 33 heavy (non-hydrogen) atoms. The maximum Gasteiger partial charge on any atom is 0.338 e. The molecule has 1 fully saturated rings. The molecule has 3 rings (SSSR count). The van der Waals surface area contributed by atoms with Gasteiger partial charge in [0.1, 0.15) is 19.0 Å². The smallest absolute Gasteiger partial charge is 0.338 e. The summed E-state index contributed by atoms with van der Waals surface area (Å²) < 4.78 is 42.9. The first kappa shape index (κ1) is 25.0. The fourth-order valence-corrected chi connectivity index (χ4v) is 5.09. The minimum Gasteiger partial charge on any atom is -0.488 e. The van der Waals surface area contributed by atoms with Crippen molar-refractivity contribution in [1.29, 1.82) is 0 Å². The quantitative estimate of drug-likeness (QED) is 0.387. The van der Waals surface area contributed by atoms with Gasteiger partial charge in [0.05, 0.1) is 28.0 Å². The van der Waals surface area contributed by atoms with Crippen molar-refractivity contribution >= 4 is 33.6 Å². The molecule has 1 saturated heterocycles. The number of carbonyl (C=O) groups is 2. The van der Waals surface area contributed by atoms with E-state index in [9.17, 15) is 18.0 Å². The standard InChI is InChI=1S/C23H26ClNO7S/c1-2-30-22(26)17-7-9-19(10-8-17)33(28,29)25-13-11-18(12-14-25)23(27)32-16-15-31-21-6-4-3-5-20(21)24/h3-10,18H,2,11-16H2,1H3. The van der Waals surface area contributed by atoms with Gasteiger partial charge in [-0.05, 0) is 56.2 Å². The Morgan fingerprint density at radius 1 is 1.00 bits per heavy atom. The van der Waals surface area contributed by atoms with Crippen LogP contribution < -0.4 is 4.74 Å². The maximum absolute atomic E-state index is 12.9. The highest BCUT2D eigenvalue weighted by molar-refractivity contribution is 7.89. The third kappa shape index (κ3) is 6.46. The highest BCUT2D eigenvalue weighted by atomic mass is 35.5. The van der Waals surface area contributed by atoms with E-state index in [1.54, 1.807) is 31.2 Å². The number of hydrogen-bond donors (Lipinski definition) is 0. The van der Waals surface area contributed by atoms with E-state index >= 15 is 0 Å². The van der Waals surface area contributed by atoms with Gasteiger partial charge in [0.2, 0.25) is 10.0 Å². The van der Waals surface area contributed by atoms with Gasteiger partial charge >= 0.3 is 11.9 Å². The normalized spacial score (nSPS) is 15.1. The van der Waals surface area contributed by atoms with Gasteiger partial charge in [-0.15, -0.1) is 0 Å². The first-order valence-electron chi connectivity index (χ1n) is 10.6. The molecule has 0 aromatic heterocycles. The Labute approximate surface area is 198 Å². The summed E-state index contributed by atoms with van der Waals surface area (Å²) in [5, 5.41) is 0.480. The van der Waals surface area contributed by atoms with Crippen LogP contribution in [0.4, 0.5) is 0 Å². The molecule has 0 saturated carbocycles. The number of carbonyl (C=O) groups excluding carboxylic acids is 2. The van der Waals surface area contributed by atoms with Crippen LogP contribution in [-0.4, -0.2) is 57.6 Å². The number of halogens is 1. The number of hydrogen-bond acceptors (Lipinski definition) is 7. The van der Waals surface area contributed by atoms with Crippen LogP contribution in [0.25, 0.3) is 0 Å². The molecule has 1 aliphatic rings. The molecule has 0 N–H and O–H groups in total. The molecule has 0 bridgehead atoms. The molecule has 0 aliphatic carbocycles. The second-order valence-corrected chi connectivity index (χ2v) is 9.71. The van der Waals surface area contributed by atoms with Crippen molar-refractivity contribution in [2.75, 3.05) is 32.9 Å². The Kier molecular flexibility index (Phi) is 8.71. The summed E-state index contributed by atoms with van der Waals surface area (Å²) >= 11 is 6.01. The van der Waals surface area contributed by atoms with Crippen molar-refractivity contribution in [3.8, 4) is 5.75 Å². The molecule has 2 aromatic rings. The lowest BCUT2D eigenvalue weighted by atomic mass is 9.98. The first-order chi connectivity index (χ1) is 15.8. The first-order valence-corrected chi connectivity index (χ1v) is 12.5. The largest absolute Gasteiger partial charge is 0.488 e. The summed E-state index contributed by atoms with van der Waals surface area (Å²) in [6, 6.07) is 12.7. The zero-order valence-corrected chi connectivity index (χ0v) is 19.8. The molecule has 1 heterocycles. The Balaban J connectivity index is 1.46. The molecule has 10 heteroatoms. The van der Waals surface area contributed by atoms with Gasteiger partial charge < -0.3 is 14.2 Å². The van der Waals surface area contributed by atoms with Crippen LogP contribution in [0.2, 0.25) is 5.02 Å². The van der Waals surface area contributed by atoms with Crippen LogP contribution in [0.15, 0.2) is 53.4 Å². The zero-order chi connectivity index (χ0) is 23.8. The molecule has 0 unspecified atom stereocenters. The van der Waals surface area contributed by atoms with Gasteiger partial charge in [0.15, 0.2) is 0 Å². The lowest BCUT2D eigenvalue weighted by molar-refractivity contribution is -0.150. The van der Waals surface area contributed by atoms with E-state index in [2.05, 4.69) is 0 Å². The van der Waals surface area contributed by atoms with Crippen LogP contribution in [0.3, 0.4) is 0 Å². The summed E-state index contributed by atoms with van der Waals surface area (Å²) in [6.45, 7) is 2.60. The fraction of sp³-hybridized carbons (Fsp3) is 0.391. The monoisotopic (exact) mass is 495 g/mol. The summed E-state index contributed by atoms with van der Waals surface area (Å²) in [6.07, 6.45) is 0.731. The van der Waals surface area contributed by atoms with E-state index in [1.807, 2.05) is 0 Å². The minimum atomic E-state index is -3.72. The van der Waals surface area contributed by atoms with E-state index in [0.29, 0.717) is 23.6 Å². The van der Waals surface area contributed by atoms with Crippen LogP contribution >= 0.6 is 11.6 Å². The van der Waals surface area contributed by atoms with Crippen LogP contribution in [0.1, 0.15) is 30.1 Å². The average Bonchev–Trinajstić information content (AvgIpc) is 2.83. The van der Waals surface area contributed by atoms with Crippen LogP contribution in [0, 0.1) is 5.92 Å². The molecule has 2 aromatic carbocycles. The van der Waals surface area contributed by atoms with Crippen LogP contribution in [0.5, 0.6) is 5.75 Å². The number of para-hydroxylation sites is 1. The van der Waals surface area contributed by atoms with Crippen LogP contribution in [-0.2, 0) is 24.3 Å². The van der Waals surface area contributed by atoms with Crippen molar-refractivity contribution in [3.63, 3.8) is 0 Å². The zero-order valence-electron chi connectivity index (χ0n) is 18.2. The third-order valence-corrected chi connectivity index (χ3v) is 7.44. The van der Waals surface area contributed by atoms with Crippen molar-refractivity contribution in [3.05, 3.63) is 59.1 Å². The van der Waals surface area contributed by atoms with Crippen molar-refractivity contribution in [2.45, 2.75) is 24.7 Å². The van der Waals surface area contributed by atoms with Gasteiger partial charge in [-0.2, -0.15) is 4.31 Å². The van der Waals surface area contributed by atoms with Crippen molar-refractivity contribution < 1.29 is 32.2 Å². The predicted molar refractivity (Wildman–Crippen MR) is 122 cm³/mol. The number of nitrogens with zero attached hydrogens (tertiary/aromatic N) is 1. The van der Waals surface area contributed by atoms with Gasteiger partial charge in [-0.1, -0.05) is 23.7 Å². The van der Waals surface area contributed by atoms with Crippen molar-refractivity contribution in [1.82, 2.24) is 4.31 Å². The van der Waals surface area contributed by atoms with E-state index in [1.165, 1.54) is 28.6 Å². The fourth-order valence-electron chi connectivity index (χ4n) is 3.43. The Morgan fingerprint density at radius 3 is 2.30 bits per heavy atom. The number of benzene rings is 2. The molecule has 178 valence electrons. The number of sulfonamides is 1. The van der Waals surface area contributed by atoms with Gasteiger partial charge in [0.25, 0.3) is 0 Å². The van der Waals surface area contributed by atoms with E-state index in [4.69, 9.17) is 25.8 Å².